The average Bonchev–Trinajstić information content (AvgIpc) is 2.95. The van der Waals surface area contributed by atoms with Crippen molar-refractivity contribution in [1.29, 1.82) is 0 Å². The van der Waals surface area contributed by atoms with Gasteiger partial charge in [-0.15, -0.1) is 0 Å². The molecular weight excluding hydrogens is 352 g/mol. The molecule has 2 aliphatic rings. The zero-order chi connectivity index (χ0) is 17.8. The summed E-state index contributed by atoms with van der Waals surface area (Å²) in [5, 5.41) is 0.682. The Morgan fingerprint density at radius 3 is 1.96 bits per heavy atom. The van der Waals surface area contributed by atoms with Crippen molar-refractivity contribution in [2.45, 2.75) is 25.9 Å². The van der Waals surface area contributed by atoms with E-state index in [9.17, 15) is 8.42 Å². The molecule has 4 nitrogen and oxygen atoms in total. The van der Waals surface area contributed by atoms with Crippen molar-refractivity contribution in [3.8, 4) is 0 Å². The first-order valence-electron chi connectivity index (χ1n) is 8.32. The molecule has 25 heavy (non-hydrogen) atoms. The maximum atomic E-state index is 12.3. The third-order valence-corrected chi connectivity index (χ3v) is 6.98. The van der Waals surface area contributed by atoms with Crippen LogP contribution in [0.15, 0.2) is 48.5 Å². The van der Waals surface area contributed by atoms with Gasteiger partial charge < -0.3 is 9.80 Å². The predicted octanol–water partition coefficient (Wildman–Crippen LogP) is 3.08. The fourth-order valence-corrected chi connectivity index (χ4v) is 6.39. The van der Waals surface area contributed by atoms with Crippen LogP contribution in [0.5, 0.6) is 0 Å². The van der Waals surface area contributed by atoms with Gasteiger partial charge in [0.2, 0.25) is 0 Å². The second kappa shape index (κ2) is 5.81. The second-order valence-electron chi connectivity index (χ2n) is 6.92. The lowest BCUT2D eigenvalue weighted by Crippen LogP contribution is -2.37. The summed E-state index contributed by atoms with van der Waals surface area (Å²) < 4.78 is 24.7. The Kier molecular flexibility index (Phi) is 3.85. The molecule has 2 saturated heterocycles. The number of benzene rings is 2. The fourth-order valence-electron chi connectivity index (χ4n) is 3.99. The lowest BCUT2D eigenvalue weighted by Gasteiger charge is -2.26. The van der Waals surface area contributed by atoms with Crippen LogP contribution >= 0.6 is 12.2 Å². The number of hydrogen-bond acceptors (Lipinski definition) is 3. The Labute approximate surface area is 154 Å². The van der Waals surface area contributed by atoms with Crippen molar-refractivity contribution in [2.24, 2.45) is 0 Å². The largest absolute Gasteiger partial charge is 0.312 e. The summed E-state index contributed by atoms with van der Waals surface area (Å²) >= 11 is 5.80. The number of rotatable bonds is 2. The van der Waals surface area contributed by atoms with Crippen LogP contribution in [0, 0.1) is 13.8 Å². The molecule has 0 radical (unpaired) electrons. The van der Waals surface area contributed by atoms with Crippen LogP contribution in [0.1, 0.15) is 11.1 Å². The molecule has 2 fully saturated rings. The summed E-state index contributed by atoms with van der Waals surface area (Å²) in [6, 6.07) is 15.8. The third kappa shape index (κ3) is 2.83. The highest BCUT2D eigenvalue weighted by Gasteiger charge is 2.52. The first-order valence-corrected chi connectivity index (χ1v) is 10.5. The summed E-state index contributed by atoms with van der Waals surface area (Å²) in [6.45, 7) is 4.10. The quantitative estimate of drug-likeness (QED) is 0.758. The number of fused-ring (bicyclic) bond motifs is 1. The van der Waals surface area contributed by atoms with Crippen LogP contribution < -0.4 is 9.80 Å². The molecule has 0 aliphatic carbocycles. The highest BCUT2D eigenvalue weighted by molar-refractivity contribution is 7.91. The number of sulfone groups is 1. The van der Waals surface area contributed by atoms with E-state index in [1.807, 2.05) is 54.0 Å². The average molecular weight is 373 g/mol. The minimum absolute atomic E-state index is 0.138. The van der Waals surface area contributed by atoms with E-state index >= 15 is 0 Å². The van der Waals surface area contributed by atoms with Gasteiger partial charge in [0.1, 0.15) is 0 Å². The van der Waals surface area contributed by atoms with Crippen LogP contribution in [0.25, 0.3) is 0 Å². The van der Waals surface area contributed by atoms with E-state index in [0.717, 1.165) is 22.5 Å². The highest BCUT2D eigenvalue weighted by Crippen LogP contribution is 2.38. The lowest BCUT2D eigenvalue weighted by atomic mass is 10.1. The standard InChI is InChI=1S/C19H20N2O2S2/c1-13-8-14(2)10-16(9-13)21-18-12-25(22,23)11-17(18)20(19(21)24)15-6-4-3-5-7-15/h3-10,17-18H,11-12H2,1-2H3/t17-,18-/m0/s1. The number of anilines is 2. The van der Waals surface area contributed by atoms with Gasteiger partial charge in [0.05, 0.1) is 23.6 Å². The fraction of sp³-hybridized carbons (Fsp3) is 0.316. The Bertz CT molecular complexity index is 921. The Balaban J connectivity index is 1.83. The molecular formula is C19H20N2O2S2. The second-order valence-corrected chi connectivity index (χ2v) is 9.43. The molecule has 2 heterocycles. The van der Waals surface area contributed by atoms with Crippen LogP contribution in [-0.2, 0) is 9.84 Å². The van der Waals surface area contributed by atoms with Crippen molar-refractivity contribution in [3.63, 3.8) is 0 Å². The van der Waals surface area contributed by atoms with Gasteiger partial charge in [-0.05, 0) is 61.5 Å². The van der Waals surface area contributed by atoms with Crippen molar-refractivity contribution in [2.75, 3.05) is 21.3 Å². The Morgan fingerprint density at radius 2 is 1.40 bits per heavy atom. The number of thiocarbonyl (C=S) groups is 1. The van der Waals surface area contributed by atoms with E-state index in [1.54, 1.807) is 0 Å². The van der Waals surface area contributed by atoms with Crippen molar-refractivity contribution in [1.82, 2.24) is 0 Å². The molecule has 2 atom stereocenters. The molecule has 130 valence electrons. The maximum absolute atomic E-state index is 12.3. The molecule has 0 N–H and O–H groups in total. The van der Waals surface area contributed by atoms with Crippen molar-refractivity contribution in [3.05, 3.63) is 59.7 Å². The molecule has 0 saturated carbocycles. The molecule has 0 unspecified atom stereocenters. The van der Waals surface area contributed by atoms with E-state index < -0.39 is 9.84 Å². The van der Waals surface area contributed by atoms with Crippen molar-refractivity contribution < 1.29 is 8.42 Å². The number of hydrogen-bond donors (Lipinski definition) is 0. The number of aryl methyl sites for hydroxylation is 2. The van der Waals surface area contributed by atoms with E-state index in [-0.39, 0.29) is 23.6 Å². The van der Waals surface area contributed by atoms with Gasteiger partial charge in [-0.25, -0.2) is 8.42 Å². The number of nitrogens with zero attached hydrogens (tertiary/aromatic N) is 2. The molecule has 0 aromatic heterocycles. The van der Waals surface area contributed by atoms with Gasteiger partial charge in [-0.3, -0.25) is 0 Å². The van der Waals surface area contributed by atoms with E-state index in [4.69, 9.17) is 12.2 Å². The van der Waals surface area contributed by atoms with Gasteiger partial charge in [0.25, 0.3) is 0 Å². The summed E-state index contributed by atoms with van der Waals surface area (Å²) in [5.41, 5.74) is 4.22. The van der Waals surface area contributed by atoms with E-state index in [1.165, 1.54) is 0 Å². The first kappa shape index (κ1) is 16.5. The van der Waals surface area contributed by atoms with E-state index in [0.29, 0.717) is 5.11 Å². The van der Waals surface area contributed by atoms with Crippen LogP contribution in [0.3, 0.4) is 0 Å². The maximum Gasteiger partial charge on any atom is 0.181 e. The first-order chi connectivity index (χ1) is 11.9. The highest BCUT2D eigenvalue weighted by atomic mass is 32.2. The van der Waals surface area contributed by atoms with Gasteiger partial charge in [-0.2, -0.15) is 0 Å². The number of para-hydroxylation sites is 1. The van der Waals surface area contributed by atoms with Crippen LogP contribution in [0.2, 0.25) is 0 Å². The molecule has 0 spiro atoms. The van der Waals surface area contributed by atoms with Gasteiger partial charge in [0, 0.05) is 11.4 Å². The zero-order valence-electron chi connectivity index (χ0n) is 14.2. The monoisotopic (exact) mass is 372 g/mol. The molecule has 0 amide bonds. The van der Waals surface area contributed by atoms with Crippen LogP contribution in [-0.4, -0.2) is 37.1 Å². The van der Waals surface area contributed by atoms with E-state index in [2.05, 4.69) is 18.2 Å². The molecule has 2 aromatic rings. The minimum atomic E-state index is -3.07. The molecule has 2 aliphatic heterocycles. The minimum Gasteiger partial charge on any atom is -0.312 e. The van der Waals surface area contributed by atoms with Gasteiger partial charge in [-0.1, -0.05) is 24.3 Å². The molecule has 0 bridgehead atoms. The van der Waals surface area contributed by atoms with Crippen molar-refractivity contribution >= 4 is 38.5 Å². The zero-order valence-corrected chi connectivity index (χ0v) is 15.8. The predicted molar refractivity (Wildman–Crippen MR) is 106 cm³/mol. The normalized spacial score (nSPS) is 24.6. The Morgan fingerprint density at radius 1 is 0.880 bits per heavy atom. The smallest absolute Gasteiger partial charge is 0.181 e. The summed E-state index contributed by atoms with van der Waals surface area (Å²) in [5.74, 6) is 0.294. The Hall–Kier alpha value is -1.92. The SMILES string of the molecule is Cc1cc(C)cc(N2C(=S)N(c3ccccc3)[C@H]3CS(=O)(=O)C[C@@H]32)c1. The summed E-state index contributed by atoms with van der Waals surface area (Å²) in [7, 11) is -3.07. The summed E-state index contributed by atoms with van der Waals surface area (Å²) in [4.78, 5) is 4.06. The summed E-state index contributed by atoms with van der Waals surface area (Å²) in [6.07, 6.45) is 0. The molecule has 2 aromatic carbocycles. The lowest BCUT2D eigenvalue weighted by molar-refractivity contribution is 0.601. The third-order valence-electron chi connectivity index (χ3n) is 4.89. The molecule has 4 rings (SSSR count). The molecule has 6 heteroatoms. The topological polar surface area (TPSA) is 40.6 Å². The van der Waals surface area contributed by atoms with Gasteiger partial charge in [0.15, 0.2) is 14.9 Å². The van der Waals surface area contributed by atoms with Crippen LogP contribution in [0.4, 0.5) is 11.4 Å². The van der Waals surface area contributed by atoms with Gasteiger partial charge >= 0.3 is 0 Å².